The summed E-state index contributed by atoms with van der Waals surface area (Å²) in [6, 6.07) is 6.16. The number of aryl methyl sites for hydroxylation is 1. The fraction of sp³-hybridized carbons (Fsp3) is 0.133. The second kappa shape index (κ2) is 6.73. The van der Waals surface area contributed by atoms with Gasteiger partial charge in [-0.1, -0.05) is 23.2 Å². The molecule has 1 aromatic heterocycles. The highest BCUT2D eigenvalue weighted by Crippen LogP contribution is 2.28. The second-order valence-electron chi connectivity index (χ2n) is 4.42. The van der Waals surface area contributed by atoms with E-state index in [4.69, 9.17) is 27.6 Å². The summed E-state index contributed by atoms with van der Waals surface area (Å²) in [4.78, 5) is 23.9. The van der Waals surface area contributed by atoms with Crippen LogP contribution in [0.3, 0.4) is 0 Å². The summed E-state index contributed by atoms with van der Waals surface area (Å²) in [6.45, 7) is 1.48. The molecule has 2 aromatic rings. The lowest BCUT2D eigenvalue weighted by molar-refractivity contribution is 0.0598. The summed E-state index contributed by atoms with van der Waals surface area (Å²) in [6.07, 6.45) is 0. The molecule has 0 aliphatic heterocycles. The van der Waals surface area contributed by atoms with Gasteiger partial charge >= 0.3 is 5.97 Å². The summed E-state index contributed by atoms with van der Waals surface area (Å²) in [5, 5.41) is 12.2. The van der Waals surface area contributed by atoms with E-state index >= 15 is 0 Å². The van der Waals surface area contributed by atoms with Crippen LogP contribution in [0.15, 0.2) is 22.6 Å². The zero-order valence-corrected chi connectivity index (χ0v) is 13.6. The van der Waals surface area contributed by atoms with E-state index in [9.17, 15) is 14.9 Å². The molecule has 1 N–H and O–H groups in total. The lowest BCUT2D eigenvalue weighted by Crippen LogP contribution is -2.13. The average Bonchev–Trinajstić information content (AvgIpc) is 2.81. The van der Waals surface area contributed by atoms with Gasteiger partial charge in [-0.15, -0.1) is 0 Å². The third-order valence-corrected chi connectivity index (χ3v) is 3.54. The molecule has 8 heteroatoms. The minimum Gasteiger partial charge on any atom is -0.465 e. The molecule has 23 heavy (non-hydrogen) atoms. The number of carbonyl (C=O) groups is 2. The first-order valence-electron chi connectivity index (χ1n) is 6.27. The van der Waals surface area contributed by atoms with Crippen molar-refractivity contribution in [3.8, 4) is 6.07 Å². The predicted molar refractivity (Wildman–Crippen MR) is 83.9 cm³/mol. The number of rotatable bonds is 3. The summed E-state index contributed by atoms with van der Waals surface area (Å²) in [7, 11) is 1.18. The molecule has 0 spiro atoms. The van der Waals surface area contributed by atoms with Gasteiger partial charge in [-0.2, -0.15) is 5.26 Å². The Hall–Kier alpha value is -2.49. The van der Waals surface area contributed by atoms with Gasteiger partial charge in [0.2, 0.25) is 5.88 Å². The van der Waals surface area contributed by atoms with E-state index in [1.165, 1.54) is 32.2 Å². The maximum atomic E-state index is 12.3. The minimum absolute atomic E-state index is 0.0347. The number of carbonyl (C=O) groups excluding carboxylic acids is 2. The number of ether oxygens (including phenoxy) is 1. The Labute approximate surface area is 141 Å². The third-order valence-electron chi connectivity index (χ3n) is 2.99. The molecule has 0 bridgehead atoms. The monoisotopic (exact) mass is 352 g/mol. The highest BCUT2D eigenvalue weighted by Gasteiger charge is 2.26. The van der Waals surface area contributed by atoms with E-state index in [0.717, 1.165) is 0 Å². The van der Waals surface area contributed by atoms with Crippen LogP contribution in [0, 0.1) is 18.3 Å². The summed E-state index contributed by atoms with van der Waals surface area (Å²) < 4.78 is 9.89. The van der Waals surface area contributed by atoms with Gasteiger partial charge in [0, 0.05) is 5.02 Å². The van der Waals surface area contributed by atoms with Crippen LogP contribution in [0.5, 0.6) is 0 Å². The number of nitrogens with zero attached hydrogens (tertiary/aromatic N) is 1. The Morgan fingerprint density at radius 3 is 2.61 bits per heavy atom. The van der Waals surface area contributed by atoms with Gasteiger partial charge in [-0.25, -0.2) is 4.79 Å². The molecule has 0 aliphatic rings. The van der Waals surface area contributed by atoms with Crippen LogP contribution in [0.1, 0.15) is 32.0 Å². The number of esters is 1. The van der Waals surface area contributed by atoms with Crippen LogP contribution in [-0.2, 0) is 4.74 Å². The highest BCUT2D eigenvalue weighted by molar-refractivity contribution is 6.37. The normalized spacial score (nSPS) is 10.0. The molecular formula is C15H10Cl2N2O4. The van der Waals surface area contributed by atoms with Gasteiger partial charge in [0.1, 0.15) is 23.0 Å². The first-order chi connectivity index (χ1) is 10.9. The molecule has 0 radical (unpaired) electrons. The number of hydrogen-bond donors (Lipinski definition) is 1. The smallest absolute Gasteiger partial charge is 0.342 e. The Morgan fingerprint density at radius 1 is 1.35 bits per heavy atom. The molecule has 0 fully saturated rings. The van der Waals surface area contributed by atoms with Crippen molar-refractivity contribution in [3.63, 3.8) is 0 Å². The largest absolute Gasteiger partial charge is 0.465 e. The standard InChI is InChI=1S/C15H10Cl2N2O4/c1-7-12(15(21)22-2)10(6-18)14(23-7)19-13(20)9-4-3-8(16)5-11(9)17/h3-5H,1-2H3,(H,19,20). The number of anilines is 1. The zero-order valence-electron chi connectivity index (χ0n) is 12.1. The summed E-state index contributed by atoms with van der Waals surface area (Å²) >= 11 is 11.7. The molecule has 2 rings (SSSR count). The van der Waals surface area contributed by atoms with Crippen LogP contribution in [0.2, 0.25) is 10.0 Å². The van der Waals surface area contributed by atoms with Crippen LogP contribution in [0.25, 0.3) is 0 Å². The van der Waals surface area contributed by atoms with Crippen molar-refractivity contribution in [3.05, 3.63) is 50.7 Å². The second-order valence-corrected chi connectivity index (χ2v) is 5.26. The van der Waals surface area contributed by atoms with Crippen molar-refractivity contribution in [1.82, 2.24) is 0 Å². The van der Waals surface area contributed by atoms with Gasteiger partial charge < -0.3 is 9.15 Å². The Kier molecular flexibility index (Phi) is 4.94. The third kappa shape index (κ3) is 3.31. The predicted octanol–water partition coefficient (Wildman–Crippen LogP) is 3.81. The Balaban J connectivity index is 2.39. The number of hydrogen-bond acceptors (Lipinski definition) is 5. The zero-order chi connectivity index (χ0) is 17.1. The molecule has 0 aliphatic carbocycles. The molecule has 0 atom stereocenters. The van der Waals surface area contributed by atoms with Gasteiger partial charge in [0.25, 0.3) is 5.91 Å². The van der Waals surface area contributed by atoms with Crippen molar-refractivity contribution in [2.45, 2.75) is 6.92 Å². The molecular weight excluding hydrogens is 343 g/mol. The molecule has 6 nitrogen and oxygen atoms in total. The number of benzene rings is 1. The summed E-state index contributed by atoms with van der Waals surface area (Å²) in [5.74, 6) is -1.33. The maximum Gasteiger partial charge on any atom is 0.342 e. The molecule has 0 saturated carbocycles. The van der Waals surface area contributed by atoms with Crippen LogP contribution in [-0.4, -0.2) is 19.0 Å². The van der Waals surface area contributed by atoms with E-state index in [-0.39, 0.29) is 33.4 Å². The first kappa shape index (κ1) is 16.9. The van der Waals surface area contributed by atoms with Gasteiger partial charge in [-0.05, 0) is 25.1 Å². The first-order valence-corrected chi connectivity index (χ1v) is 7.02. The van der Waals surface area contributed by atoms with Gasteiger partial charge in [0.05, 0.1) is 17.7 Å². The number of amides is 1. The van der Waals surface area contributed by atoms with Crippen molar-refractivity contribution in [2.75, 3.05) is 12.4 Å². The van der Waals surface area contributed by atoms with Crippen LogP contribution >= 0.6 is 23.2 Å². The van der Waals surface area contributed by atoms with E-state index < -0.39 is 11.9 Å². The van der Waals surface area contributed by atoms with Crippen molar-refractivity contribution in [1.29, 1.82) is 5.26 Å². The minimum atomic E-state index is -0.729. The number of methoxy groups -OCH3 is 1. The van der Waals surface area contributed by atoms with Crippen molar-refractivity contribution in [2.24, 2.45) is 0 Å². The lowest BCUT2D eigenvalue weighted by atomic mass is 10.1. The topological polar surface area (TPSA) is 92.3 Å². The summed E-state index contributed by atoms with van der Waals surface area (Å²) in [5.41, 5.74) is -0.00563. The quantitative estimate of drug-likeness (QED) is 0.847. The van der Waals surface area contributed by atoms with Crippen molar-refractivity contribution >= 4 is 41.0 Å². The lowest BCUT2D eigenvalue weighted by Gasteiger charge is -2.05. The Morgan fingerprint density at radius 2 is 2.04 bits per heavy atom. The van der Waals surface area contributed by atoms with Crippen molar-refractivity contribution < 1.29 is 18.7 Å². The van der Waals surface area contributed by atoms with Gasteiger partial charge in [0.15, 0.2) is 0 Å². The Bertz CT molecular complexity index is 837. The van der Waals surface area contributed by atoms with Crippen LogP contribution < -0.4 is 5.32 Å². The SMILES string of the molecule is COC(=O)c1c(C)oc(NC(=O)c2ccc(Cl)cc2Cl)c1C#N. The maximum absolute atomic E-state index is 12.3. The van der Waals surface area contributed by atoms with Crippen LogP contribution in [0.4, 0.5) is 5.88 Å². The molecule has 1 amide bonds. The fourth-order valence-electron chi connectivity index (χ4n) is 1.93. The number of halogens is 2. The van der Waals surface area contributed by atoms with Gasteiger partial charge in [-0.3, -0.25) is 10.1 Å². The molecule has 0 unspecified atom stereocenters. The van der Waals surface area contributed by atoms with E-state index in [1.807, 2.05) is 6.07 Å². The number of nitriles is 1. The average molecular weight is 353 g/mol. The number of furan rings is 1. The highest BCUT2D eigenvalue weighted by atomic mass is 35.5. The molecule has 0 saturated heterocycles. The molecule has 118 valence electrons. The van der Waals surface area contributed by atoms with E-state index in [2.05, 4.69) is 10.1 Å². The molecule has 1 heterocycles. The fourth-order valence-corrected chi connectivity index (χ4v) is 2.43. The number of nitrogens with one attached hydrogen (secondary N) is 1. The molecule has 1 aromatic carbocycles. The van der Waals surface area contributed by atoms with E-state index in [0.29, 0.717) is 5.02 Å². The van der Waals surface area contributed by atoms with E-state index in [1.54, 1.807) is 0 Å².